The Morgan fingerprint density at radius 2 is 1.68 bits per heavy atom. The number of hydrogen-bond donors (Lipinski definition) is 2. The second-order valence-corrected chi connectivity index (χ2v) is 6.21. The number of piperidine rings is 1. The van der Waals surface area contributed by atoms with E-state index in [1.807, 2.05) is 0 Å². The summed E-state index contributed by atoms with van der Waals surface area (Å²) in [7, 11) is 0. The molecule has 3 rings (SSSR count). The van der Waals surface area contributed by atoms with Crippen molar-refractivity contribution >= 4 is 29.5 Å². The number of amides is 4. The highest BCUT2D eigenvalue weighted by atomic mass is 16.4. The van der Waals surface area contributed by atoms with Crippen LogP contribution in [-0.2, 0) is 9.59 Å². The molecule has 0 saturated carbocycles. The monoisotopic (exact) mass is 345 g/mol. The van der Waals surface area contributed by atoms with Gasteiger partial charge in [0.2, 0.25) is 5.91 Å². The molecule has 132 valence electrons. The molecule has 0 unspecified atom stereocenters. The molecule has 1 aromatic carbocycles. The lowest BCUT2D eigenvalue weighted by Gasteiger charge is -2.30. The van der Waals surface area contributed by atoms with Crippen LogP contribution in [0.3, 0.4) is 0 Å². The number of benzene rings is 1. The predicted octanol–water partition coefficient (Wildman–Crippen LogP) is 1.07. The van der Waals surface area contributed by atoms with Gasteiger partial charge >= 0.3 is 12.0 Å². The number of nitrogens with one attached hydrogen (secondary N) is 1. The molecule has 8 heteroatoms. The Morgan fingerprint density at radius 1 is 1.04 bits per heavy atom. The summed E-state index contributed by atoms with van der Waals surface area (Å²) in [4.78, 5) is 49.6. The van der Waals surface area contributed by atoms with Crippen molar-refractivity contribution in [3.8, 4) is 0 Å². The smallest absolute Gasteiger partial charge is 0.328 e. The molecule has 25 heavy (non-hydrogen) atoms. The molecule has 0 aliphatic carbocycles. The molecular formula is C17H19N3O5. The fourth-order valence-electron chi connectivity index (χ4n) is 3.11. The van der Waals surface area contributed by atoms with Gasteiger partial charge in [-0.3, -0.25) is 24.6 Å². The van der Waals surface area contributed by atoms with Gasteiger partial charge in [0.1, 0.15) is 0 Å². The lowest BCUT2D eigenvalue weighted by Crippen LogP contribution is -2.49. The number of aliphatic carboxylic acids is 1. The van der Waals surface area contributed by atoms with Gasteiger partial charge in [0, 0.05) is 37.3 Å². The van der Waals surface area contributed by atoms with Crippen LogP contribution in [0.15, 0.2) is 24.3 Å². The van der Waals surface area contributed by atoms with Crippen LogP contribution < -0.4 is 10.2 Å². The third-order valence-electron chi connectivity index (χ3n) is 4.61. The first-order chi connectivity index (χ1) is 12.0. The Morgan fingerprint density at radius 3 is 2.24 bits per heavy atom. The molecule has 2 heterocycles. The standard InChI is InChI=1S/C17H19N3O5/c21-14-7-10-20(17(25)18-14)13-3-1-11(2-4-13)15(22)19-8-5-12(6-9-19)16(23)24/h1-4,12H,5-10H2,(H,23,24)(H,18,21,25). The molecule has 1 aromatic rings. The lowest BCUT2D eigenvalue weighted by atomic mass is 9.96. The Balaban J connectivity index is 1.64. The molecule has 2 N–H and O–H groups in total. The second-order valence-electron chi connectivity index (χ2n) is 6.21. The third-order valence-corrected chi connectivity index (χ3v) is 4.61. The SMILES string of the molecule is O=C1CCN(c2ccc(C(=O)N3CCC(C(=O)O)CC3)cc2)C(=O)N1. The molecule has 2 aliphatic rings. The van der Waals surface area contributed by atoms with E-state index >= 15 is 0 Å². The van der Waals surface area contributed by atoms with Gasteiger partial charge in [-0.05, 0) is 37.1 Å². The molecule has 4 amide bonds. The van der Waals surface area contributed by atoms with E-state index < -0.39 is 12.0 Å². The van der Waals surface area contributed by atoms with Gasteiger partial charge in [-0.1, -0.05) is 0 Å². The van der Waals surface area contributed by atoms with Crippen molar-refractivity contribution in [3.63, 3.8) is 0 Å². The summed E-state index contributed by atoms with van der Waals surface area (Å²) in [6, 6.07) is 6.17. The summed E-state index contributed by atoms with van der Waals surface area (Å²) < 4.78 is 0. The minimum absolute atomic E-state index is 0.145. The van der Waals surface area contributed by atoms with Gasteiger partial charge in [0.05, 0.1) is 5.92 Å². The highest BCUT2D eigenvalue weighted by Gasteiger charge is 2.28. The number of likely N-dealkylation sites (tertiary alicyclic amines) is 1. The fraction of sp³-hybridized carbons (Fsp3) is 0.412. The zero-order chi connectivity index (χ0) is 18.0. The van der Waals surface area contributed by atoms with E-state index in [1.165, 1.54) is 4.90 Å². The summed E-state index contributed by atoms with van der Waals surface area (Å²) in [5, 5.41) is 11.3. The summed E-state index contributed by atoms with van der Waals surface area (Å²) in [6.07, 6.45) is 1.16. The molecule has 8 nitrogen and oxygen atoms in total. The average molecular weight is 345 g/mol. The van der Waals surface area contributed by atoms with Crippen LogP contribution in [0, 0.1) is 5.92 Å². The Kier molecular flexibility index (Phi) is 4.69. The number of anilines is 1. The number of rotatable bonds is 3. The summed E-state index contributed by atoms with van der Waals surface area (Å²) in [5.41, 5.74) is 1.11. The van der Waals surface area contributed by atoms with E-state index in [2.05, 4.69) is 5.32 Å². The minimum atomic E-state index is -0.810. The topological polar surface area (TPSA) is 107 Å². The van der Waals surface area contributed by atoms with Gasteiger partial charge in [0.15, 0.2) is 0 Å². The second kappa shape index (κ2) is 6.92. The molecule has 2 fully saturated rings. The Labute approximate surface area is 144 Å². The number of carbonyl (C=O) groups is 4. The molecule has 2 aliphatic heterocycles. The number of nitrogens with zero attached hydrogens (tertiary/aromatic N) is 2. The number of carboxylic acids is 1. The Hall–Kier alpha value is -2.90. The molecule has 0 radical (unpaired) electrons. The van der Waals surface area contributed by atoms with Crippen LogP contribution >= 0.6 is 0 Å². The molecule has 2 saturated heterocycles. The van der Waals surface area contributed by atoms with Crippen LogP contribution in [0.5, 0.6) is 0 Å². The van der Waals surface area contributed by atoms with Crippen molar-refractivity contribution in [3.05, 3.63) is 29.8 Å². The predicted molar refractivity (Wildman–Crippen MR) is 88.2 cm³/mol. The zero-order valence-corrected chi connectivity index (χ0v) is 13.6. The van der Waals surface area contributed by atoms with Gasteiger partial charge in [0.25, 0.3) is 5.91 Å². The largest absolute Gasteiger partial charge is 0.481 e. The van der Waals surface area contributed by atoms with Crippen molar-refractivity contribution in [1.29, 1.82) is 0 Å². The van der Waals surface area contributed by atoms with E-state index in [-0.39, 0.29) is 24.2 Å². The van der Waals surface area contributed by atoms with Crippen LogP contribution in [0.25, 0.3) is 0 Å². The first-order valence-corrected chi connectivity index (χ1v) is 8.19. The number of carbonyl (C=O) groups excluding carboxylic acids is 3. The van der Waals surface area contributed by atoms with Crippen LogP contribution in [0.4, 0.5) is 10.5 Å². The van der Waals surface area contributed by atoms with Gasteiger partial charge < -0.3 is 10.0 Å². The minimum Gasteiger partial charge on any atom is -0.481 e. The van der Waals surface area contributed by atoms with Crippen LogP contribution in [-0.4, -0.2) is 53.5 Å². The number of imide groups is 1. The molecular weight excluding hydrogens is 326 g/mol. The van der Waals surface area contributed by atoms with Gasteiger partial charge in [-0.25, -0.2) is 4.79 Å². The molecule has 0 atom stereocenters. The maximum absolute atomic E-state index is 12.5. The molecule has 0 bridgehead atoms. The van der Waals surface area contributed by atoms with E-state index in [9.17, 15) is 19.2 Å². The lowest BCUT2D eigenvalue weighted by molar-refractivity contribution is -0.143. The number of carboxylic acid groups (broad SMARTS) is 1. The first kappa shape index (κ1) is 16.9. The van der Waals surface area contributed by atoms with Crippen molar-refractivity contribution in [2.45, 2.75) is 19.3 Å². The quantitative estimate of drug-likeness (QED) is 0.852. The van der Waals surface area contributed by atoms with E-state index in [0.717, 1.165) is 0 Å². The highest BCUT2D eigenvalue weighted by molar-refractivity contribution is 6.05. The normalized spacial score (nSPS) is 18.9. The van der Waals surface area contributed by atoms with Crippen LogP contribution in [0.1, 0.15) is 29.6 Å². The number of hydrogen-bond acceptors (Lipinski definition) is 4. The fourth-order valence-corrected chi connectivity index (χ4v) is 3.11. The number of urea groups is 1. The van der Waals surface area contributed by atoms with Crippen molar-refractivity contribution < 1.29 is 24.3 Å². The maximum Gasteiger partial charge on any atom is 0.328 e. The summed E-state index contributed by atoms with van der Waals surface area (Å²) in [6.45, 7) is 1.16. The van der Waals surface area contributed by atoms with Crippen LogP contribution in [0.2, 0.25) is 0 Å². The molecule has 0 aromatic heterocycles. The van der Waals surface area contributed by atoms with Gasteiger partial charge in [-0.2, -0.15) is 0 Å². The molecule has 0 spiro atoms. The van der Waals surface area contributed by atoms with E-state index in [1.54, 1.807) is 29.2 Å². The van der Waals surface area contributed by atoms with E-state index in [0.29, 0.717) is 43.7 Å². The summed E-state index contributed by atoms with van der Waals surface area (Å²) in [5.74, 6) is -1.63. The Bertz CT molecular complexity index is 707. The van der Waals surface area contributed by atoms with Gasteiger partial charge in [-0.15, -0.1) is 0 Å². The van der Waals surface area contributed by atoms with E-state index in [4.69, 9.17) is 5.11 Å². The average Bonchev–Trinajstić information content (AvgIpc) is 2.61. The van der Waals surface area contributed by atoms with Crippen molar-refractivity contribution in [1.82, 2.24) is 10.2 Å². The highest BCUT2D eigenvalue weighted by Crippen LogP contribution is 2.22. The first-order valence-electron chi connectivity index (χ1n) is 8.19. The maximum atomic E-state index is 12.5. The van der Waals surface area contributed by atoms with Crippen molar-refractivity contribution in [2.75, 3.05) is 24.5 Å². The third kappa shape index (κ3) is 3.62. The summed E-state index contributed by atoms with van der Waals surface area (Å²) >= 11 is 0. The zero-order valence-electron chi connectivity index (χ0n) is 13.6. The van der Waals surface area contributed by atoms with Crippen molar-refractivity contribution in [2.24, 2.45) is 5.92 Å².